The van der Waals surface area contributed by atoms with Crippen LogP contribution >= 0.6 is 27.3 Å². The summed E-state index contributed by atoms with van der Waals surface area (Å²) in [6.45, 7) is 2.37. The number of anilines is 1. The normalized spacial score (nSPS) is 10.3. The van der Waals surface area contributed by atoms with E-state index in [-0.39, 0.29) is 0 Å². The molecule has 0 spiro atoms. The average Bonchev–Trinajstić information content (AvgIpc) is 2.81. The van der Waals surface area contributed by atoms with Gasteiger partial charge in [-0.25, -0.2) is 14.8 Å². The van der Waals surface area contributed by atoms with Crippen molar-refractivity contribution in [3.05, 3.63) is 38.4 Å². The summed E-state index contributed by atoms with van der Waals surface area (Å²) in [5.41, 5.74) is 0.337. The second-order valence-electron chi connectivity index (χ2n) is 3.76. The molecule has 0 aliphatic heterocycles. The lowest BCUT2D eigenvalue weighted by atomic mass is 10.3. The summed E-state index contributed by atoms with van der Waals surface area (Å²) in [5, 5.41) is 5.14. The van der Waals surface area contributed by atoms with Crippen molar-refractivity contribution in [2.75, 3.05) is 12.4 Å². The molecule has 0 fully saturated rings. The molecule has 0 atom stereocenters. The number of nitrogens with zero attached hydrogens (tertiary/aromatic N) is 2. The second-order valence-corrected chi connectivity index (χ2v) is 5.67. The van der Waals surface area contributed by atoms with Crippen molar-refractivity contribution < 1.29 is 9.53 Å². The van der Waals surface area contributed by atoms with E-state index in [1.807, 2.05) is 11.4 Å². The number of methoxy groups -OCH3 is 1. The number of aromatic nitrogens is 2. The zero-order valence-electron chi connectivity index (χ0n) is 10.4. The molecule has 0 aliphatic rings. The van der Waals surface area contributed by atoms with Gasteiger partial charge in [-0.3, -0.25) is 0 Å². The van der Waals surface area contributed by atoms with Gasteiger partial charge in [-0.15, -0.1) is 11.3 Å². The summed E-state index contributed by atoms with van der Waals surface area (Å²) in [6, 6.07) is 2.02. The third-order valence-electron chi connectivity index (χ3n) is 2.37. The number of nitrogens with one attached hydrogen (secondary N) is 1. The molecule has 0 amide bonds. The van der Waals surface area contributed by atoms with Gasteiger partial charge in [-0.1, -0.05) is 0 Å². The van der Waals surface area contributed by atoms with Crippen LogP contribution in [-0.4, -0.2) is 23.0 Å². The number of aryl methyl sites for hydroxylation is 1. The minimum absolute atomic E-state index is 0.337. The molecule has 0 radical (unpaired) electrons. The Hall–Kier alpha value is -1.47. The van der Waals surface area contributed by atoms with Crippen molar-refractivity contribution in [2.45, 2.75) is 13.5 Å². The molecule has 2 aromatic rings. The van der Waals surface area contributed by atoms with Gasteiger partial charge in [0.1, 0.15) is 17.2 Å². The predicted octanol–water partition coefficient (Wildman–Crippen LogP) is 3.01. The number of halogens is 1. The van der Waals surface area contributed by atoms with E-state index in [1.54, 1.807) is 18.3 Å². The summed E-state index contributed by atoms with van der Waals surface area (Å²) in [7, 11) is 1.34. The average molecular weight is 342 g/mol. The summed E-state index contributed by atoms with van der Waals surface area (Å²) >= 11 is 5.03. The van der Waals surface area contributed by atoms with Crippen LogP contribution in [0.15, 0.2) is 22.1 Å². The number of rotatable bonds is 4. The largest absolute Gasteiger partial charge is 0.465 e. The van der Waals surface area contributed by atoms with E-state index in [4.69, 9.17) is 4.74 Å². The fraction of sp³-hybridized carbons (Fsp3) is 0.250. The molecule has 5 nitrogen and oxygen atoms in total. The maximum absolute atomic E-state index is 11.6. The molecule has 0 saturated carbocycles. The van der Waals surface area contributed by atoms with Gasteiger partial charge in [0.25, 0.3) is 0 Å². The molecule has 0 aromatic carbocycles. The molecule has 2 heterocycles. The maximum atomic E-state index is 11.6. The monoisotopic (exact) mass is 341 g/mol. The highest BCUT2D eigenvalue weighted by Gasteiger charge is 2.14. The zero-order valence-corrected chi connectivity index (χ0v) is 12.8. The Labute approximate surface area is 123 Å². The number of esters is 1. The van der Waals surface area contributed by atoms with Crippen molar-refractivity contribution in [1.82, 2.24) is 9.97 Å². The first-order valence-corrected chi connectivity index (χ1v) is 7.16. The number of thiophene rings is 1. The lowest BCUT2D eigenvalue weighted by molar-refractivity contribution is 0.0601. The Morgan fingerprint density at radius 2 is 2.37 bits per heavy atom. The number of hydrogen-bond acceptors (Lipinski definition) is 6. The van der Waals surface area contributed by atoms with E-state index >= 15 is 0 Å². The highest BCUT2D eigenvalue weighted by atomic mass is 79.9. The Kier molecular flexibility index (Phi) is 4.49. The molecule has 19 heavy (non-hydrogen) atoms. The number of carbonyl (C=O) groups is 1. The molecule has 0 aliphatic carbocycles. The first-order valence-electron chi connectivity index (χ1n) is 5.49. The molecule has 0 bridgehead atoms. The molecule has 1 N–H and O–H groups in total. The van der Waals surface area contributed by atoms with Crippen molar-refractivity contribution in [3.8, 4) is 0 Å². The third-order valence-corrected chi connectivity index (χ3v) is 4.06. The fourth-order valence-electron chi connectivity index (χ4n) is 1.48. The Balaban J connectivity index is 2.18. The molecule has 0 unspecified atom stereocenters. The SMILES string of the molecule is COC(=O)c1cnc(C)nc1NCc1cc(Br)cs1. The van der Waals surface area contributed by atoms with Crippen molar-refractivity contribution in [2.24, 2.45) is 0 Å². The second kappa shape index (κ2) is 6.12. The smallest absolute Gasteiger partial charge is 0.343 e. The van der Waals surface area contributed by atoms with Crippen LogP contribution in [0.1, 0.15) is 21.1 Å². The van der Waals surface area contributed by atoms with E-state index < -0.39 is 5.97 Å². The number of ether oxygens (including phenoxy) is 1. The van der Waals surface area contributed by atoms with Crippen molar-refractivity contribution in [3.63, 3.8) is 0 Å². The quantitative estimate of drug-likeness (QED) is 0.866. The van der Waals surface area contributed by atoms with Gasteiger partial charge in [0.05, 0.1) is 13.7 Å². The van der Waals surface area contributed by atoms with Gasteiger partial charge in [-0.2, -0.15) is 0 Å². The molecule has 2 rings (SSSR count). The highest BCUT2D eigenvalue weighted by molar-refractivity contribution is 9.10. The first-order chi connectivity index (χ1) is 9.10. The van der Waals surface area contributed by atoms with Gasteiger partial charge in [0.2, 0.25) is 0 Å². The van der Waals surface area contributed by atoms with E-state index in [9.17, 15) is 4.79 Å². The number of hydrogen-bond donors (Lipinski definition) is 1. The van der Waals surface area contributed by atoms with Gasteiger partial charge >= 0.3 is 5.97 Å². The van der Waals surface area contributed by atoms with Crippen LogP contribution in [0.25, 0.3) is 0 Å². The van der Waals surface area contributed by atoms with E-state index in [2.05, 4.69) is 31.2 Å². The molecule has 2 aromatic heterocycles. The summed E-state index contributed by atoms with van der Waals surface area (Å²) in [4.78, 5) is 21.0. The minimum Gasteiger partial charge on any atom is -0.465 e. The van der Waals surface area contributed by atoms with Gasteiger partial charge < -0.3 is 10.1 Å². The molecular formula is C12H12BrN3O2S. The highest BCUT2D eigenvalue weighted by Crippen LogP contribution is 2.21. The standard InChI is InChI=1S/C12H12BrN3O2S/c1-7-14-5-10(12(17)18-2)11(16-7)15-4-9-3-8(13)6-19-9/h3,5-6H,4H2,1-2H3,(H,14,15,16). The van der Waals surface area contributed by atoms with E-state index in [1.165, 1.54) is 13.3 Å². The van der Waals surface area contributed by atoms with Crippen LogP contribution in [0, 0.1) is 6.92 Å². The van der Waals surface area contributed by atoms with Crippen LogP contribution in [0.3, 0.4) is 0 Å². The Morgan fingerprint density at radius 1 is 1.58 bits per heavy atom. The maximum Gasteiger partial charge on any atom is 0.343 e. The Bertz CT molecular complexity index is 600. The molecular weight excluding hydrogens is 330 g/mol. The van der Waals surface area contributed by atoms with Crippen LogP contribution in [-0.2, 0) is 11.3 Å². The van der Waals surface area contributed by atoms with Crippen molar-refractivity contribution >= 4 is 39.1 Å². The van der Waals surface area contributed by atoms with Crippen LogP contribution in [0.4, 0.5) is 5.82 Å². The van der Waals surface area contributed by atoms with Gasteiger partial charge in [0, 0.05) is 20.9 Å². The van der Waals surface area contributed by atoms with E-state index in [0.29, 0.717) is 23.8 Å². The lowest BCUT2D eigenvalue weighted by Gasteiger charge is -2.09. The minimum atomic E-state index is -0.449. The van der Waals surface area contributed by atoms with Crippen molar-refractivity contribution in [1.29, 1.82) is 0 Å². The summed E-state index contributed by atoms with van der Waals surface area (Å²) < 4.78 is 5.75. The Morgan fingerprint density at radius 3 is 3.00 bits per heavy atom. The van der Waals surface area contributed by atoms with Crippen LogP contribution < -0.4 is 5.32 Å². The van der Waals surface area contributed by atoms with E-state index in [0.717, 1.165) is 9.35 Å². The fourth-order valence-corrected chi connectivity index (χ4v) is 2.87. The van der Waals surface area contributed by atoms with Crippen LogP contribution in [0.5, 0.6) is 0 Å². The molecule has 100 valence electrons. The first kappa shape index (κ1) is 14.0. The zero-order chi connectivity index (χ0) is 13.8. The number of carbonyl (C=O) groups excluding carboxylic acids is 1. The summed E-state index contributed by atoms with van der Waals surface area (Å²) in [6.07, 6.45) is 1.47. The third kappa shape index (κ3) is 3.51. The van der Waals surface area contributed by atoms with Gasteiger partial charge in [0.15, 0.2) is 0 Å². The predicted molar refractivity (Wildman–Crippen MR) is 77.5 cm³/mol. The molecule has 0 saturated heterocycles. The van der Waals surface area contributed by atoms with Gasteiger partial charge in [-0.05, 0) is 28.9 Å². The summed E-state index contributed by atoms with van der Waals surface area (Å²) in [5.74, 6) is 0.640. The molecule has 7 heteroatoms. The van der Waals surface area contributed by atoms with Crippen LogP contribution in [0.2, 0.25) is 0 Å². The topological polar surface area (TPSA) is 64.1 Å². The lowest BCUT2D eigenvalue weighted by Crippen LogP contribution is -2.11.